The molecule has 2 rings (SSSR count). The van der Waals surface area contributed by atoms with Crippen LogP contribution in [0.5, 0.6) is 5.75 Å². The molecule has 0 saturated carbocycles. The molecule has 0 unspecified atom stereocenters. The molecule has 0 bridgehead atoms. The van der Waals surface area contributed by atoms with E-state index in [1.165, 1.54) is 31.5 Å². The lowest BCUT2D eigenvalue weighted by Crippen LogP contribution is -2.14. The molecule has 0 amide bonds. The number of nitrogens with one attached hydrogen (secondary N) is 2. The van der Waals surface area contributed by atoms with E-state index in [0.29, 0.717) is 5.75 Å². The Hall–Kier alpha value is -2.22. The van der Waals surface area contributed by atoms with Gasteiger partial charge in [-0.25, -0.2) is 0 Å². The standard InChI is InChI=1S/C10H12N4O3S/c1-17-7-2-3-9(8(11)6-7)14-18(15,16)10-4-5-12-13-10/h2-6,14H,11H2,1H3,(H,12,13). The van der Waals surface area contributed by atoms with E-state index in [2.05, 4.69) is 14.9 Å². The van der Waals surface area contributed by atoms with Crippen LogP contribution in [0.2, 0.25) is 0 Å². The number of nitrogens with two attached hydrogens (primary N) is 1. The second-order valence-corrected chi connectivity index (χ2v) is 5.13. The molecule has 2 aromatic rings. The first-order valence-electron chi connectivity index (χ1n) is 4.98. The number of sulfonamides is 1. The number of anilines is 2. The SMILES string of the molecule is COc1ccc(NS(=O)(=O)c2ccn[nH]2)c(N)c1. The van der Waals surface area contributed by atoms with Gasteiger partial charge in [0.15, 0.2) is 5.03 Å². The minimum absolute atomic E-state index is 0.0299. The molecule has 0 aliphatic carbocycles. The third kappa shape index (κ3) is 2.38. The highest BCUT2D eigenvalue weighted by atomic mass is 32.2. The Balaban J connectivity index is 2.30. The Morgan fingerprint density at radius 2 is 2.17 bits per heavy atom. The van der Waals surface area contributed by atoms with Crippen molar-refractivity contribution in [2.24, 2.45) is 0 Å². The lowest BCUT2D eigenvalue weighted by molar-refractivity contribution is 0.415. The van der Waals surface area contributed by atoms with E-state index in [-0.39, 0.29) is 16.4 Å². The van der Waals surface area contributed by atoms with Gasteiger partial charge in [0.2, 0.25) is 0 Å². The number of benzene rings is 1. The highest BCUT2D eigenvalue weighted by molar-refractivity contribution is 7.92. The van der Waals surface area contributed by atoms with Crippen LogP contribution in [0.1, 0.15) is 0 Å². The maximum absolute atomic E-state index is 11.9. The van der Waals surface area contributed by atoms with Crippen LogP contribution in [0.3, 0.4) is 0 Å². The summed E-state index contributed by atoms with van der Waals surface area (Å²) in [5.74, 6) is 0.553. The van der Waals surface area contributed by atoms with Crippen molar-refractivity contribution in [3.63, 3.8) is 0 Å². The summed E-state index contributed by atoms with van der Waals surface area (Å²) < 4.78 is 31.1. The van der Waals surface area contributed by atoms with E-state index >= 15 is 0 Å². The van der Waals surface area contributed by atoms with Crippen LogP contribution in [0.15, 0.2) is 35.5 Å². The number of methoxy groups -OCH3 is 1. The van der Waals surface area contributed by atoms with Gasteiger partial charge in [-0.05, 0) is 18.2 Å². The molecular formula is C10H12N4O3S. The number of aromatic amines is 1. The quantitative estimate of drug-likeness (QED) is 0.710. The summed E-state index contributed by atoms with van der Waals surface area (Å²) in [4.78, 5) is 0. The maximum atomic E-state index is 11.9. The van der Waals surface area contributed by atoms with Crippen LogP contribution >= 0.6 is 0 Å². The van der Waals surface area contributed by atoms with Crippen molar-refractivity contribution in [2.75, 3.05) is 17.6 Å². The molecule has 1 aromatic carbocycles. The van der Waals surface area contributed by atoms with Gasteiger partial charge >= 0.3 is 0 Å². The van der Waals surface area contributed by atoms with E-state index in [1.54, 1.807) is 6.07 Å². The Bertz CT molecular complexity index is 637. The number of hydrogen-bond acceptors (Lipinski definition) is 5. The maximum Gasteiger partial charge on any atom is 0.278 e. The minimum atomic E-state index is -3.70. The van der Waals surface area contributed by atoms with Crippen LogP contribution in [0, 0.1) is 0 Å². The fourth-order valence-corrected chi connectivity index (χ4v) is 2.35. The van der Waals surface area contributed by atoms with Crippen LogP contribution in [-0.2, 0) is 10.0 Å². The average Bonchev–Trinajstić information content (AvgIpc) is 2.86. The summed E-state index contributed by atoms with van der Waals surface area (Å²) in [5.41, 5.74) is 6.28. The van der Waals surface area contributed by atoms with E-state index in [0.717, 1.165) is 0 Å². The van der Waals surface area contributed by atoms with E-state index in [1.807, 2.05) is 0 Å². The predicted octanol–water partition coefficient (Wildman–Crippen LogP) is 0.801. The third-order valence-electron chi connectivity index (χ3n) is 2.27. The van der Waals surface area contributed by atoms with Gasteiger partial charge in [-0.2, -0.15) is 13.5 Å². The van der Waals surface area contributed by atoms with Gasteiger partial charge in [-0.3, -0.25) is 9.82 Å². The van der Waals surface area contributed by atoms with Gasteiger partial charge < -0.3 is 10.5 Å². The van der Waals surface area contributed by atoms with Gasteiger partial charge in [-0.15, -0.1) is 0 Å². The first-order valence-corrected chi connectivity index (χ1v) is 6.47. The number of nitrogens with zero attached hydrogens (tertiary/aromatic N) is 1. The average molecular weight is 268 g/mol. The molecule has 4 N–H and O–H groups in total. The Labute approximate surface area is 104 Å². The Morgan fingerprint density at radius 3 is 2.72 bits per heavy atom. The van der Waals surface area contributed by atoms with Crippen LogP contribution in [0.4, 0.5) is 11.4 Å². The minimum Gasteiger partial charge on any atom is -0.497 e. The third-order valence-corrected chi connectivity index (χ3v) is 3.56. The number of hydrogen-bond donors (Lipinski definition) is 3. The smallest absolute Gasteiger partial charge is 0.278 e. The van der Waals surface area contributed by atoms with Gasteiger partial charge in [0.05, 0.1) is 24.7 Å². The molecule has 0 aliphatic rings. The zero-order chi connectivity index (χ0) is 13.2. The van der Waals surface area contributed by atoms with E-state index < -0.39 is 10.0 Å². The number of nitrogen functional groups attached to an aromatic ring is 1. The molecule has 0 aliphatic heterocycles. The number of H-pyrrole nitrogens is 1. The van der Waals surface area contributed by atoms with Gasteiger partial charge in [0.25, 0.3) is 10.0 Å². The van der Waals surface area contributed by atoms with Gasteiger partial charge in [-0.1, -0.05) is 0 Å². The number of rotatable bonds is 4. The largest absolute Gasteiger partial charge is 0.497 e. The molecule has 1 heterocycles. The van der Waals surface area contributed by atoms with Crippen molar-refractivity contribution in [3.8, 4) is 5.75 Å². The van der Waals surface area contributed by atoms with Crippen molar-refractivity contribution in [3.05, 3.63) is 30.5 Å². The predicted molar refractivity (Wildman–Crippen MR) is 66.8 cm³/mol. The number of aromatic nitrogens is 2. The van der Waals surface area contributed by atoms with Crippen molar-refractivity contribution in [1.82, 2.24) is 10.2 Å². The molecule has 8 heteroatoms. The summed E-state index contributed by atoms with van der Waals surface area (Å²) in [6.45, 7) is 0. The molecule has 96 valence electrons. The van der Waals surface area contributed by atoms with Crippen molar-refractivity contribution in [1.29, 1.82) is 0 Å². The highest BCUT2D eigenvalue weighted by Gasteiger charge is 2.16. The molecule has 0 spiro atoms. The van der Waals surface area contributed by atoms with Gasteiger partial charge in [0, 0.05) is 6.07 Å². The summed E-state index contributed by atoms with van der Waals surface area (Å²) in [6.07, 6.45) is 1.35. The van der Waals surface area contributed by atoms with E-state index in [9.17, 15) is 8.42 Å². The van der Waals surface area contributed by atoms with Crippen molar-refractivity contribution < 1.29 is 13.2 Å². The second-order valence-electron chi connectivity index (χ2n) is 3.48. The lowest BCUT2D eigenvalue weighted by atomic mass is 10.2. The number of ether oxygens (including phenoxy) is 1. The summed E-state index contributed by atoms with van der Waals surface area (Å²) in [5, 5.41) is 5.93. The molecular weight excluding hydrogens is 256 g/mol. The zero-order valence-electron chi connectivity index (χ0n) is 9.54. The fourth-order valence-electron chi connectivity index (χ4n) is 1.35. The van der Waals surface area contributed by atoms with Crippen LogP contribution < -0.4 is 15.2 Å². The van der Waals surface area contributed by atoms with Crippen molar-refractivity contribution in [2.45, 2.75) is 5.03 Å². The van der Waals surface area contributed by atoms with E-state index in [4.69, 9.17) is 10.5 Å². The fraction of sp³-hybridized carbons (Fsp3) is 0.100. The monoisotopic (exact) mass is 268 g/mol. The molecule has 0 saturated heterocycles. The van der Waals surface area contributed by atoms with Crippen LogP contribution in [-0.4, -0.2) is 25.7 Å². The molecule has 1 aromatic heterocycles. The Morgan fingerprint density at radius 1 is 1.39 bits per heavy atom. The molecule has 0 fully saturated rings. The first kappa shape index (κ1) is 12.2. The van der Waals surface area contributed by atoms with Crippen molar-refractivity contribution >= 4 is 21.4 Å². The summed E-state index contributed by atoms with van der Waals surface area (Å²) in [7, 11) is -2.20. The normalized spacial score (nSPS) is 11.2. The second kappa shape index (κ2) is 4.57. The lowest BCUT2D eigenvalue weighted by Gasteiger charge is -2.10. The summed E-state index contributed by atoms with van der Waals surface area (Å²) >= 11 is 0. The zero-order valence-corrected chi connectivity index (χ0v) is 10.4. The molecule has 18 heavy (non-hydrogen) atoms. The molecule has 7 nitrogen and oxygen atoms in total. The van der Waals surface area contributed by atoms with Gasteiger partial charge in [0.1, 0.15) is 5.75 Å². The topological polar surface area (TPSA) is 110 Å². The highest BCUT2D eigenvalue weighted by Crippen LogP contribution is 2.25. The summed E-state index contributed by atoms with van der Waals surface area (Å²) in [6, 6.07) is 6.02. The molecule has 0 radical (unpaired) electrons. The molecule has 0 atom stereocenters. The first-order chi connectivity index (χ1) is 8.53. The Kier molecular flexibility index (Phi) is 3.11. The van der Waals surface area contributed by atoms with Crippen LogP contribution in [0.25, 0.3) is 0 Å².